The largest absolute Gasteiger partial charge is 0.338 e. The number of hydrogen-bond donors (Lipinski definition) is 1. The second kappa shape index (κ2) is 7.02. The Balaban J connectivity index is 0.00000156. The molecule has 1 saturated carbocycles. The first kappa shape index (κ1) is 16.5. The van der Waals surface area contributed by atoms with Gasteiger partial charge in [-0.15, -0.1) is 12.4 Å². The third-order valence-electron chi connectivity index (χ3n) is 5.25. The van der Waals surface area contributed by atoms with Crippen LogP contribution in [0.2, 0.25) is 0 Å². The van der Waals surface area contributed by atoms with Gasteiger partial charge in [0.05, 0.1) is 6.04 Å². The Hall–Kier alpha value is -1.39. The fourth-order valence-electron chi connectivity index (χ4n) is 3.97. The van der Waals surface area contributed by atoms with Gasteiger partial charge in [-0.2, -0.15) is 4.98 Å². The van der Waals surface area contributed by atoms with E-state index in [2.05, 4.69) is 46.6 Å². The van der Waals surface area contributed by atoms with Gasteiger partial charge in [-0.25, -0.2) is 0 Å². The molecule has 124 valence electrons. The zero-order chi connectivity index (χ0) is 14.9. The quantitative estimate of drug-likeness (QED) is 0.923. The van der Waals surface area contributed by atoms with E-state index in [1.54, 1.807) is 0 Å². The van der Waals surface area contributed by atoms with E-state index >= 15 is 0 Å². The monoisotopic (exact) mass is 333 g/mol. The molecule has 0 radical (unpaired) electrons. The van der Waals surface area contributed by atoms with E-state index in [0.717, 1.165) is 30.5 Å². The third kappa shape index (κ3) is 3.43. The van der Waals surface area contributed by atoms with Crippen LogP contribution in [-0.4, -0.2) is 16.2 Å². The number of rotatable bonds is 3. The first-order chi connectivity index (χ1) is 10.8. The van der Waals surface area contributed by atoms with Crippen molar-refractivity contribution in [1.29, 1.82) is 0 Å². The van der Waals surface area contributed by atoms with Gasteiger partial charge < -0.3 is 9.84 Å². The molecule has 1 N–H and O–H groups in total. The normalized spacial score (nSPS) is 26.6. The van der Waals surface area contributed by atoms with Crippen molar-refractivity contribution in [3.8, 4) is 0 Å². The zero-order valence-corrected chi connectivity index (χ0v) is 14.3. The number of halogens is 1. The molecule has 23 heavy (non-hydrogen) atoms. The van der Waals surface area contributed by atoms with E-state index in [1.807, 2.05) is 0 Å². The highest BCUT2D eigenvalue weighted by Crippen LogP contribution is 2.38. The number of aryl methyl sites for hydroxylation is 1. The highest BCUT2D eigenvalue weighted by atomic mass is 35.5. The maximum absolute atomic E-state index is 5.54. The Bertz CT molecular complexity index is 643. The first-order valence-electron chi connectivity index (χ1n) is 8.42. The summed E-state index contributed by atoms with van der Waals surface area (Å²) < 4.78 is 5.54. The van der Waals surface area contributed by atoms with Gasteiger partial charge in [0.25, 0.3) is 0 Å². The summed E-state index contributed by atoms with van der Waals surface area (Å²) >= 11 is 0. The predicted octanol–water partition coefficient (Wildman–Crippen LogP) is 3.98. The molecule has 1 aliphatic heterocycles. The highest BCUT2D eigenvalue weighted by Gasteiger charge is 2.38. The fraction of sp³-hybridized carbons (Fsp3) is 0.556. The summed E-state index contributed by atoms with van der Waals surface area (Å²) in [6.45, 7) is 2.12. The van der Waals surface area contributed by atoms with Crippen LogP contribution in [0, 0.1) is 12.8 Å². The van der Waals surface area contributed by atoms with Gasteiger partial charge in [0.1, 0.15) is 0 Å². The van der Waals surface area contributed by atoms with Crippen molar-refractivity contribution in [2.75, 3.05) is 0 Å². The minimum Gasteiger partial charge on any atom is -0.338 e. The zero-order valence-electron chi connectivity index (χ0n) is 13.5. The molecule has 3 unspecified atom stereocenters. The van der Waals surface area contributed by atoms with Crippen LogP contribution in [-0.2, 0) is 6.42 Å². The summed E-state index contributed by atoms with van der Waals surface area (Å²) in [6, 6.07) is 9.29. The minimum atomic E-state index is 0. The second-order valence-corrected chi connectivity index (χ2v) is 6.76. The van der Waals surface area contributed by atoms with Gasteiger partial charge in [-0.1, -0.05) is 42.3 Å². The van der Waals surface area contributed by atoms with Crippen molar-refractivity contribution in [2.24, 2.45) is 5.92 Å². The molecule has 0 amide bonds. The molecule has 4 nitrogen and oxygen atoms in total. The molecule has 2 aromatic rings. The van der Waals surface area contributed by atoms with Crippen LogP contribution in [0.25, 0.3) is 0 Å². The number of nitrogens with one attached hydrogen (secondary N) is 1. The Morgan fingerprint density at radius 2 is 2.04 bits per heavy atom. The molecule has 3 atom stereocenters. The second-order valence-electron chi connectivity index (χ2n) is 6.76. The molecule has 1 aromatic carbocycles. The minimum absolute atomic E-state index is 0. The highest BCUT2D eigenvalue weighted by molar-refractivity contribution is 5.85. The Morgan fingerprint density at radius 1 is 1.22 bits per heavy atom. The molecule has 0 bridgehead atoms. The van der Waals surface area contributed by atoms with Crippen molar-refractivity contribution >= 4 is 12.4 Å². The molecular weight excluding hydrogens is 310 g/mol. The van der Waals surface area contributed by atoms with Crippen molar-refractivity contribution in [2.45, 2.75) is 57.5 Å². The molecule has 4 rings (SSSR count). The molecule has 1 saturated heterocycles. The van der Waals surface area contributed by atoms with Gasteiger partial charge in [-0.05, 0) is 43.2 Å². The number of benzene rings is 1. The lowest BCUT2D eigenvalue weighted by Gasteiger charge is -2.24. The molecule has 2 heterocycles. The summed E-state index contributed by atoms with van der Waals surface area (Å²) in [4.78, 5) is 4.65. The molecule has 0 spiro atoms. The van der Waals surface area contributed by atoms with Gasteiger partial charge in [0.2, 0.25) is 5.89 Å². The number of nitrogens with zero attached hydrogens (tertiary/aromatic N) is 2. The van der Waals surface area contributed by atoms with Crippen molar-refractivity contribution in [1.82, 2.24) is 15.5 Å². The molecule has 1 aliphatic carbocycles. The maximum Gasteiger partial charge on any atom is 0.243 e. The summed E-state index contributed by atoms with van der Waals surface area (Å²) in [5.74, 6) is 2.37. The smallest absolute Gasteiger partial charge is 0.243 e. The Labute approximate surface area is 143 Å². The van der Waals surface area contributed by atoms with E-state index in [4.69, 9.17) is 4.52 Å². The van der Waals surface area contributed by atoms with Crippen LogP contribution < -0.4 is 5.32 Å². The van der Waals surface area contributed by atoms with Crippen LogP contribution in [0.5, 0.6) is 0 Å². The van der Waals surface area contributed by atoms with E-state index in [1.165, 1.54) is 36.8 Å². The number of fused-ring (bicyclic) bond motifs is 1. The van der Waals surface area contributed by atoms with Crippen LogP contribution >= 0.6 is 12.4 Å². The summed E-state index contributed by atoms with van der Waals surface area (Å²) in [5, 5.41) is 7.89. The average molecular weight is 334 g/mol. The van der Waals surface area contributed by atoms with Gasteiger partial charge >= 0.3 is 0 Å². The molecule has 5 heteroatoms. The number of hydrogen-bond acceptors (Lipinski definition) is 4. The van der Waals surface area contributed by atoms with Crippen molar-refractivity contribution in [3.05, 3.63) is 47.1 Å². The maximum atomic E-state index is 5.54. The summed E-state index contributed by atoms with van der Waals surface area (Å²) in [6.07, 6.45) is 7.26. The fourth-order valence-corrected chi connectivity index (χ4v) is 3.97. The standard InChI is InChI=1S/C18H23N3O.ClH/c1-12-6-2-3-7-13(12)11-17-20-18(22-21-17)16-10-14-8-4-5-9-15(14)19-16;/h2-3,6-7,14-16,19H,4-5,8-11H2,1H3;1H. The van der Waals surface area contributed by atoms with Crippen LogP contribution in [0.4, 0.5) is 0 Å². The van der Waals surface area contributed by atoms with Gasteiger partial charge in [0.15, 0.2) is 5.82 Å². The lowest BCUT2D eigenvalue weighted by molar-refractivity contribution is 0.324. The molecule has 2 aliphatic rings. The first-order valence-corrected chi connectivity index (χ1v) is 8.42. The topological polar surface area (TPSA) is 51.0 Å². The molecular formula is C18H24ClN3O. The van der Waals surface area contributed by atoms with Crippen molar-refractivity contribution in [3.63, 3.8) is 0 Å². The van der Waals surface area contributed by atoms with Crippen molar-refractivity contribution < 1.29 is 4.52 Å². The van der Waals surface area contributed by atoms with Gasteiger partial charge in [0, 0.05) is 12.5 Å². The van der Waals surface area contributed by atoms with E-state index in [9.17, 15) is 0 Å². The van der Waals surface area contributed by atoms with Gasteiger partial charge in [-0.3, -0.25) is 0 Å². The predicted molar refractivity (Wildman–Crippen MR) is 91.8 cm³/mol. The van der Waals surface area contributed by atoms with Crippen LogP contribution in [0.15, 0.2) is 28.8 Å². The van der Waals surface area contributed by atoms with E-state index in [-0.39, 0.29) is 18.4 Å². The Kier molecular flexibility index (Phi) is 5.02. The SMILES string of the molecule is Cc1ccccc1Cc1noc(C2CC3CCCCC3N2)n1.Cl. The third-order valence-corrected chi connectivity index (χ3v) is 5.25. The Morgan fingerprint density at radius 3 is 2.87 bits per heavy atom. The van der Waals surface area contributed by atoms with E-state index in [0.29, 0.717) is 6.04 Å². The van der Waals surface area contributed by atoms with Crippen LogP contribution in [0.3, 0.4) is 0 Å². The number of aromatic nitrogens is 2. The molecule has 1 aromatic heterocycles. The molecule has 2 fully saturated rings. The lowest BCUT2D eigenvalue weighted by atomic mass is 9.85. The summed E-state index contributed by atoms with van der Waals surface area (Å²) in [7, 11) is 0. The van der Waals surface area contributed by atoms with Crippen LogP contribution in [0.1, 0.15) is 61.0 Å². The summed E-state index contributed by atoms with van der Waals surface area (Å²) in [5.41, 5.74) is 2.54. The lowest BCUT2D eigenvalue weighted by Crippen LogP contribution is -2.30. The average Bonchev–Trinajstić information content (AvgIpc) is 3.15. The van der Waals surface area contributed by atoms with E-state index < -0.39 is 0 Å².